The van der Waals surface area contributed by atoms with Crippen LogP contribution < -0.4 is 21.3 Å². The van der Waals surface area contributed by atoms with Gasteiger partial charge < -0.3 is 15.5 Å². The largest absolute Gasteiger partial charge is 0.497 e. The first-order chi connectivity index (χ1) is 9.72. The Balaban J connectivity index is 1.93. The highest BCUT2D eigenvalue weighted by atomic mass is 16.5. The molecule has 0 saturated carbocycles. The van der Waals surface area contributed by atoms with Gasteiger partial charge in [-0.2, -0.15) is 0 Å². The van der Waals surface area contributed by atoms with E-state index >= 15 is 0 Å². The van der Waals surface area contributed by atoms with E-state index in [4.69, 9.17) is 10.6 Å². The maximum Gasteiger partial charge on any atom is 0.251 e. The molecule has 0 spiro atoms. The van der Waals surface area contributed by atoms with E-state index < -0.39 is 0 Å². The average Bonchev–Trinajstić information content (AvgIpc) is 2.53. The highest BCUT2D eigenvalue weighted by Gasteiger charge is 2.05. The molecule has 2 rings (SSSR count). The van der Waals surface area contributed by atoms with Crippen molar-refractivity contribution < 1.29 is 9.53 Å². The number of rotatable bonds is 5. The lowest BCUT2D eigenvalue weighted by Gasteiger charge is -2.07. The van der Waals surface area contributed by atoms with Gasteiger partial charge in [-0.05, 0) is 42.0 Å². The van der Waals surface area contributed by atoms with E-state index in [0.29, 0.717) is 12.1 Å². The molecule has 5 heteroatoms. The molecule has 4 N–H and O–H groups in total. The SMILES string of the molecule is COc1ccc(CNC(=O)c2ccc(NN)cc2)cc1. The van der Waals surface area contributed by atoms with Crippen LogP contribution in [0, 0.1) is 0 Å². The van der Waals surface area contributed by atoms with Crippen LogP contribution >= 0.6 is 0 Å². The minimum absolute atomic E-state index is 0.121. The van der Waals surface area contributed by atoms with Gasteiger partial charge in [-0.25, -0.2) is 0 Å². The third-order valence-corrected chi connectivity index (χ3v) is 2.93. The lowest BCUT2D eigenvalue weighted by molar-refractivity contribution is 0.0951. The van der Waals surface area contributed by atoms with Gasteiger partial charge in [-0.1, -0.05) is 12.1 Å². The summed E-state index contributed by atoms with van der Waals surface area (Å²) >= 11 is 0. The summed E-state index contributed by atoms with van der Waals surface area (Å²) in [6.07, 6.45) is 0. The van der Waals surface area contributed by atoms with Gasteiger partial charge in [0.05, 0.1) is 7.11 Å². The Bertz CT molecular complexity index is 565. The fourth-order valence-electron chi connectivity index (χ4n) is 1.75. The molecule has 0 heterocycles. The fourth-order valence-corrected chi connectivity index (χ4v) is 1.75. The van der Waals surface area contributed by atoms with Crippen molar-refractivity contribution in [2.24, 2.45) is 5.84 Å². The molecular weight excluding hydrogens is 254 g/mol. The zero-order valence-corrected chi connectivity index (χ0v) is 11.2. The Morgan fingerprint density at radius 3 is 2.30 bits per heavy atom. The molecule has 0 aliphatic heterocycles. The highest BCUT2D eigenvalue weighted by Crippen LogP contribution is 2.11. The van der Waals surface area contributed by atoms with E-state index in [2.05, 4.69) is 10.7 Å². The Labute approximate surface area is 117 Å². The molecule has 0 unspecified atom stereocenters. The van der Waals surface area contributed by atoms with Crippen molar-refractivity contribution in [3.8, 4) is 5.75 Å². The van der Waals surface area contributed by atoms with Gasteiger partial charge in [0.15, 0.2) is 0 Å². The van der Waals surface area contributed by atoms with Gasteiger partial charge in [-0.3, -0.25) is 10.6 Å². The Morgan fingerprint density at radius 2 is 1.75 bits per heavy atom. The number of ether oxygens (including phenoxy) is 1. The van der Waals surface area contributed by atoms with E-state index in [1.807, 2.05) is 24.3 Å². The van der Waals surface area contributed by atoms with Crippen molar-refractivity contribution >= 4 is 11.6 Å². The zero-order chi connectivity index (χ0) is 14.4. The lowest BCUT2D eigenvalue weighted by Crippen LogP contribution is -2.22. The van der Waals surface area contributed by atoms with Crippen molar-refractivity contribution in [1.29, 1.82) is 0 Å². The minimum atomic E-state index is -0.121. The number of nitrogens with two attached hydrogens (primary N) is 1. The Morgan fingerprint density at radius 1 is 1.10 bits per heavy atom. The summed E-state index contributed by atoms with van der Waals surface area (Å²) in [5.74, 6) is 5.95. The van der Waals surface area contributed by atoms with E-state index in [9.17, 15) is 4.79 Å². The molecule has 0 aliphatic carbocycles. The third-order valence-electron chi connectivity index (χ3n) is 2.93. The van der Waals surface area contributed by atoms with Crippen molar-refractivity contribution in [2.45, 2.75) is 6.54 Å². The summed E-state index contributed by atoms with van der Waals surface area (Å²) in [5.41, 5.74) is 4.89. The number of hydrogen-bond acceptors (Lipinski definition) is 4. The smallest absolute Gasteiger partial charge is 0.251 e. The first kappa shape index (κ1) is 13.9. The van der Waals surface area contributed by atoms with Gasteiger partial charge >= 0.3 is 0 Å². The van der Waals surface area contributed by atoms with Crippen LogP contribution in [0.5, 0.6) is 5.75 Å². The van der Waals surface area contributed by atoms with Crippen LogP contribution in [0.1, 0.15) is 15.9 Å². The quantitative estimate of drug-likeness (QED) is 0.573. The van der Waals surface area contributed by atoms with Crippen molar-refractivity contribution in [3.05, 3.63) is 59.7 Å². The first-order valence-corrected chi connectivity index (χ1v) is 6.21. The number of hydrazine groups is 1. The fraction of sp³-hybridized carbons (Fsp3) is 0.133. The second-order valence-electron chi connectivity index (χ2n) is 4.25. The average molecular weight is 271 g/mol. The number of nitrogen functional groups attached to an aromatic ring is 1. The summed E-state index contributed by atoms with van der Waals surface area (Å²) in [7, 11) is 1.62. The minimum Gasteiger partial charge on any atom is -0.497 e. The summed E-state index contributed by atoms with van der Waals surface area (Å²) < 4.78 is 5.08. The molecule has 20 heavy (non-hydrogen) atoms. The summed E-state index contributed by atoms with van der Waals surface area (Å²) in [4.78, 5) is 12.0. The number of hydrogen-bond donors (Lipinski definition) is 3. The van der Waals surface area contributed by atoms with Crippen molar-refractivity contribution in [3.63, 3.8) is 0 Å². The van der Waals surface area contributed by atoms with Crippen LogP contribution in [0.15, 0.2) is 48.5 Å². The molecule has 0 atom stereocenters. The molecule has 1 amide bonds. The number of amides is 1. The number of carbonyl (C=O) groups excluding carboxylic acids is 1. The molecule has 104 valence electrons. The molecule has 0 fully saturated rings. The number of benzene rings is 2. The molecular formula is C15H17N3O2. The van der Waals surface area contributed by atoms with Crippen LogP contribution in [-0.2, 0) is 6.54 Å². The van der Waals surface area contributed by atoms with Crippen LogP contribution in [0.25, 0.3) is 0 Å². The predicted octanol–water partition coefficient (Wildman–Crippen LogP) is 1.91. The van der Waals surface area contributed by atoms with E-state index in [1.54, 1.807) is 31.4 Å². The topological polar surface area (TPSA) is 76.4 Å². The Kier molecular flexibility index (Phi) is 4.57. The zero-order valence-electron chi connectivity index (χ0n) is 11.2. The number of methoxy groups -OCH3 is 1. The van der Waals surface area contributed by atoms with Crippen molar-refractivity contribution in [2.75, 3.05) is 12.5 Å². The molecule has 0 radical (unpaired) electrons. The van der Waals surface area contributed by atoms with Crippen LogP contribution in [0.3, 0.4) is 0 Å². The maximum absolute atomic E-state index is 12.0. The number of nitrogens with one attached hydrogen (secondary N) is 2. The van der Waals surface area contributed by atoms with Crippen LogP contribution in [-0.4, -0.2) is 13.0 Å². The molecule has 2 aromatic rings. The Hall–Kier alpha value is -2.53. The van der Waals surface area contributed by atoms with Gasteiger partial charge in [0.25, 0.3) is 5.91 Å². The molecule has 0 bridgehead atoms. The van der Waals surface area contributed by atoms with E-state index in [-0.39, 0.29) is 5.91 Å². The van der Waals surface area contributed by atoms with Gasteiger partial charge in [0, 0.05) is 17.8 Å². The van der Waals surface area contributed by atoms with Gasteiger partial charge in [0.1, 0.15) is 5.75 Å². The molecule has 0 aliphatic rings. The predicted molar refractivity (Wildman–Crippen MR) is 78.4 cm³/mol. The van der Waals surface area contributed by atoms with Crippen molar-refractivity contribution in [1.82, 2.24) is 5.32 Å². The molecule has 2 aromatic carbocycles. The lowest BCUT2D eigenvalue weighted by atomic mass is 10.1. The second-order valence-corrected chi connectivity index (χ2v) is 4.25. The van der Waals surface area contributed by atoms with Crippen LogP contribution in [0.4, 0.5) is 5.69 Å². The number of anilines is 1. The summed E-state index contributed by atoms with van der Waals surface area (Å²) in [6, 6.07) is 14.5. The molecule has 0 saturated heterocycles. The monoisotopic (exact) mass is 271 g/mol. The number of carbonyl (C=O) groups is 1. The summed E-state index contributed by atoms with van der Waals surface area (Å²) in [6.45, 7) is 0.472. The highest BCUT2D eigenvalue weighted by molar-refractivity contribution is 5.94. The summed E-state index contributed by atoms with van der Waals surface area (Å²) in [5, 5.41) is 2.86. The normalized spacial score (nSPS) is 9.90. The van der Waals surface area contributed by atoms with Crippen LogP contribution in [0.2, 0.25) is 0 Å². The third kappa shape index (κ3) is 3.49. The first-order valence-electron chi connectivity index (χ1n) is 6.21. The van der Waals surface area contributed by atoms with E-state index in [0.717, 1.165) is 17.0 Å². The standard InChI is InChI=1S/C15H17N3O2/c1-20-14-8-2-11(3-9-14)10-17-15(19)12-4-6-13(18-16)7-5-12/h2-9,18H,10,16H2,1H3,(H,17,19). The van der Waals surface area contributed by atoms with E-state index in [1.165, 1.54) is 0 Å². The maximum atomic E-state index is 12.0. The second kappa shape index (κ2) is 6.58. The molecule has 5 nitrogen and oxygen atoms in total. The van der Waals surface area contributed by atoms with Gasteiger partial charge in [-0.15, -0.1) is 0 Å². The van der Waals surface area contributed by atoms with Gasteiger partial charge in [0.2, 0.25) is 0 Å². The molecule has 0 aromatic heterocycles.